The van der Waals surface area contributed by atoms with Crippen molar-refractivity contribution >= 4 is 11.9 Å². The van der Waals surface area contributed by atoms with Gasteiger partial charge in [0.15, 0.2) is 0 Å². The fraction of sp³-hybridized carbons (Fsp3) is 0.800. The summed E-state index contributed by atoms with van der Waals surface area (Å²) in [5.74, 6) is -0.719. The van der Waals surface area contributed by atoms with Crippen LogP contribution in [0.2, 0.25) is 0 Å². The molecule has 1 N–H and O–H groups in total. The van der Waals surface area contributed by atoms with Crippen molar-refractivity contribution in [1.82, 2.24) is 4.90 Å². The minimum absolute atomic E-state index is 0.0912. The molecule has 0 unspecified atom stereocenters. The maximum Gasteiger partial charge on any atom is 0.303 e. The second kappa shape index (κ2) is 4.98. The monoisotopic (exact) mass is 199 g/mol. The molecule has 0 radical (unpaired) electrons. The SMILES string of the molecule is CCN(C(=O)CCCC(=O)O)C1CC1. The van der Waals surface area contributed by atoms with E-state index in [4.69, 9.17) is 5.11 Å². The minimum Gasteiger partial charge on any atom is -0.481 e. The van der Waals surface area contributed by atoms with Crippen LogP contribution in [0, 0.1) is 0 Å². The summed E-state index contributed by atoms with van der Waals surface area (Å²) < 4.78 is 0. The van der Waals surface area contributed by atoms with Gasteiger partial charge in [-0.1, -0.05) is 0 Å². The number of carbonyl (C=O) groups excluding carboxylic acids is 1. The molecule has 0 atom stereocenters. The van der Waals surface area contributed by atoms with Crippen molar-refractivity contribution in [1.29, 1.82) is 0 Å². The zero-order chi connectivity index (χ0) is 10.6. The summed E-state index contributed by atoms with van der Waals surface area (Å²) in [6.07, 6.45) is 3.14. The quantitative estimate of drug-likeness (QED) is 0.700. The highest BCUT2D eigenvalue weighted by Crippen LogP contribution is 2.27. The zero-order valence-electron chi connectivity index (χ0n) is 8.53. The lowest BCUT2D eigenvalue weighted by Crippen LogP contribution is -2.32. The fourth-order valence-electron chi connectivity index (χ4n) is 1.56. The van der Waals surface area contributed by atoms with Crippen molar-refractivity contribution in [3.05, 3.63) is 0 Å². The Kier molecular flexibility index (Phi) is 3.92. The van der Waals surface area contributed by atoms with Crippen LogP contribution in [-0.4, -0.2) is 34.5 Å². The highest BCUT2D eigenvalue weighted by Gasteiger charge is 2.30. The summed E-state index contributed by atoms with van der Waals surface area (Å²) >= 11 is 0. The third-order valence-corrected chi connectivity index (χ3v) is 2.43. The van der Waals surface area contributed by atoms with E-state index in [2.05, 4.69) is 0 Å². The first kappa shape index (κ1) is 11.0. The minimum atomic E-state index is -0.827. The van der Waals surface area contributed by atoms with Crippen LogP contribution in [0.4, 0.5) is 0 Å². The van der Waals surface area contributed by atoms with Gasteiger partial charge in [-0.25, -0.2) is 0 Å². The van der Waals surface area contributed by atoms with E-state index in [1.165, 1.54) is 0 Å². The molecule has 0 aliphatic heterocycles. The Balaban J connectivity index is 2.21. The van der Waals surface area contributed by atoms with E-state index in [-0.39, 0.29) is 12.3 Å². The van der Waals surface area contributed by atoms with E-state index in [9.17, 15) is 9.59 Å². The standard InChI is InChI=1S/C10H17NO3/c1-2-11(8-6-7-8)9(12)4-3-5-10(13)14/h8H,2-7H2,1H3,(H,13,14). The fourth-order valence-corrected chi connectivity index (χ4v) is 1.56. The Bertz CT molecular complexity index is 223. The molecule has 1 aliphatic carbocycles. The van der Waals surface area contributed by atoms with E-state index in [0.29, 0.717) is 18.9 Å². The van der Waals surface area contributed by atoms with Crippen LogP contribution >= 0.6 is 0 Å². The largest absolute Gasteiger partial charge is 0.481 e. The molecule has 80 valence electrons. The van der Waals surface area contributed by atoms with Crippen LogP contribution in [0.1, 0.15) is 39.0 Å². The number of nitrogens with zero attached hydrogens (tertiary/aromatic N) is 1. The number of rotatable bonds is 6. The molecular formula is C10H17NO3. The molecule has 0 aromatic carbocycles. The number of carbonyl (C=O) groups is 2. The molecule has 0 spiro atoms. The molecular weight excluding hydrogens is 182 g/mol. The zero-order valence-corrected chi connectivity index (χ0v) is 8.53. The molecule has 0 aromatic rings. The third kappa shape index (κ3) is 3.36. The summed E-state index contributed by atoms with van der Waals surface area (Å²) in [5, 5.41) is 8.42. The van der Waals surface area contributed by atoms with Crippen molar-refractivity contribution in [2.24, 2.45) is 0 Å². The van der Waals surface area contributed by atoms with Gasteiger partial charge in [-0.15, -0.1) is 0 Å². The molecule has 4 heteroatoms. The van der Waals surface area contributed by atoms with Crippen molar-refractivity contribution in [2.75, 3.05) is 6.54 Å². The summed E-state index contributed by atoms with van der Waals surface area (Å²) in [4.78, 5) is 23.7. The van der Waals surface area contributed by atoms with Gasteiger partial charge in [0.1, 0.15) is 0 Å². The van der Waals surface area contributed by atoms with Crippen LogP contribution < -0.4 is 0 Å². The molecule has 1 fully saturated rings. The van der Waals surface area contributed by atoms with E-state index in [0.717, 1.165) is 19.4 Å². The molecule has 14 heavy (non-hydrogen) atoms. The highest BCUT2D eigenvalue weighted by atomic mass is 16.4. The number of hydrogen-bond donors (Lipinski definition) is 1. The predicted molar refractivity (Wildman–Crippen MR) is 51.9 cm³/mol. The normalized spacial score (nSPS) is 15.2. The van der Waals surface area contributed by atoms with Gasteiger partial charge in [-0.3, -0.25) is 9.59 Å². The first-order chi connectivity index (χ1) is 6.65. The molecule has 1 rings (SSSR count). The topological polar surface area (TPSA) is 57.6 Å². The second-order valence-corrected chi connectivity index (χ2v) is 3.66. The van der Waals surface area contributed by atoms with Crippen LogP contribution in [0.15, 0.2) is 0 Å². The Morgan fingerprint density at radius 3 is 2.43 bits per heavy atom. The summed E-state index contributed by atoms with van der Waals surface area (Å²) in [6, 6.07) is 0.442. The van der Waals surface area contributed by atoms with Crippen LogP contribution in [-0.2, 0) is 9.59 Å². The Morgan fingerprint density at radius 2 is 2.00 bits per heavy atom. The van der Waals surface area contributed by atoms with Crippen LogP contribution in [0.5, 0.6) is 0 Å². The van der Waals surface area contributed by atoms with Gasteiger partial charge < -0.3 is 10.0 Å². The van der Waals surface area contributed by atoms with Gasteiger partial charge in [0.25, 0.3) is 0 Å². The van der Waals surface area contributed by atoms with E-state index < -0.39 is 5.97 Å². The summed E-state index contributed by atoms with van der Waals surface area (Å²) in [6.45, 7) is 2.71. The Labute approximate surface area is 83.9 Å². The van der Waals surface area contributed by atoms with Crippen molar-refractivity contribution in [3.8, 4) is 0 Å². The number of hydrogen-bond acceptors (Lipinski definition) is 2. The average molecular weight is 199 g/mol. The molecule has 1 saturated carbocycles. The van der Waals surface area contributed by atoms with Gasteiger partial charge in [-0.05, 0) is 26.2 Å². The average Bonchev–Trinajstić information content (AvgIpc) is 2.89. The third-order valence-electron chi connectivity index (χ3n) is 2.43. The lowest BCUT2D eigenvalue weighted by Gasteiger charge is -2.19. The number of carboxylic acid groups (broad SMARTS) is 1. The van der Waals surface area contributed by atoms with E-state index >= 15 is 0 Å². The van der Waals surface area contributed by atoms with Gasteiger partial charge in [0.05, 0.1) is 0 Å². The molecule has 0 heterocycles. The van der Waals surface area contributed by atoms with Crippen LogP contribution in [0.3, 0.4) is 0 Å². The van der Waals surface area contributed by atoms with Gasteiger partial charge in [0.2, 0.25) is 5.91 Å². The molecule has 1 aliphatic rings. The van der Waals surface area contributed by atoms with Gasteiger partial charge >= 0.3 is 5.97 Å². The van der Waals surface area contributed by atoms with E-state index in [1.54, 1.807) is 0 Å². The van der Waals surface area contributed by atoms with Gasteiger partial charge in [-0.2, -0.15) is 0 Å². The number of carboxylic acids is 1. The van der Waals surface area contributed by atoms with Crippen molar-refractivity contribution in [2.45, 2.75) is 45.1 Å². The molecule has 0 aromatic heterocycles. The summed E-state index contributed by atoms with van der Waals surface area (Å²) in [5.41, 5.74) is 0. The molecule has 4 nitrogen and oxygen atoms in total. The smallest absolute Gasteiger partial charge is 0.303 e. The van der Waals surface area contributed by atoms with E-state index in [1.807, 2.05) is 11.8 Å². The van der Waals surface area contributed by atoms with Crippen molar-refractivity contribution in [3.63, 3.8) is 0 Å². The predicted octanol–water partition coefficient (Wildman–Crippen LogP) is 1.25. The number of amides is 1. The Hall–Kier alpha value is -1.06. The molecule has 0 saturated heterocycles. The van der Waals surface area contributed by atoms with Crippen molar-refractivity contribution < 1.29 is 14.7 Å². The number of aliphatic carboxylic acids is 1. The first-order valence-electron chi connectivity index (χ1n) is 5.16. The lowest BCUT2D eigenvalue weighted by molar-refractivity contribution is -0.137. The van der Waals surface area contributed by atoms with Gasteiger partial charge in [0, 0.05) is 25.4 Å². The first-order valence-corrected chi connectivity index (χ1v) is 5.16. The lowest BCUT2D eigenvalue weighted by atomic mass is 10.2. The molecule has 0 bridgehead atoms. The summed E-state index contributed by atoms with van der Waals surface area (Å²) in [7, 11) is 0. The second-order valence-electron chi connectivity index (χ2n) is 3.66. The highest BCUT2D eigenvalue weighted by molar-refractivity contribution is 5.77. The molecule has 1 amide bonds. The Morgan fingerprint density at radius 1 is 1.36 bits per heavy atom. The van der Waals surface area contributed by atoms with Crippen LogP contribution in [0.25, 0.3) is 0 Å². The maximum absolute atomic E-state index is 11.6. The maximum atomic E-state index is 11.6.